The van der Waals surface area contributed by atoms with Crippen molar-refractivity contribution in [2.45, 2.75) is 66.5 Å². The van der Waals surface area contributed by atoms with Crippen molar-refractivity contribution in [3.63, 3.8) is 0 Å². The number of hydrogen-bond acceptors (Lipinski definition) is 3. The van der Waals surface area contributed by atoms with Crippen LogP contribution < -0.4 is 5.32 Å². The maximum atomic E-state index is 5.83. The van der Waals surface area contributed by atoms with Gasteiger partial charge in [-0.2, -0.15) is 0 Å². The smallest absolute Gasteiger partial charge is 0.238 e. The van der Waals surface area contributed by atoms with Gasteiger partial charge >= 0.3 is 0 Å². The zero-order chi connectivity index (χ0) is 14.1. The molecule has 0 fully saturated rings. The van der Waals surface area contributed by atoms with Gasteiger partial charge in [0.2, 0.25) is 5.90 Å². The summed E-state index contributed by atoms with van der Waals surface area (Å²) in [5.41, 5.74) is 1.96. The molecule has 0 bridgehead atoms. The molecule has 1 rings (SSSR count). The van der Waals surface area contributed by atoms with Gasteiger partial charge in [-0.3, -0.25) is 0 Å². The van der Waals surface area contributed by atoms with E-state index in [1.54, 1.807) is 0 Å². The van der Waals surface area contributed by atoms with Crippen LogP contribution in [0.4, 0.5) is 0 Å². The third-order valence-corrected chi connectivity index (χ3v) is 2.15. The molecule has 3 heteroatoms. The second kappa shape index (κ2) is 4.79. The highest BCUT2D eigenvalue weighted by molar-refractivity contribution is 5.97. The predicted molar refractivity (Wildman–Crippen MR) is 77.6 cm³/mol. The molecule has 1 heterocycles. The maximum Gasteiger partial charge on any atom is 0.238 e. The van der Waals surface area contributed by atoms with Crippen LogP contribution in [0.2, 0.25) is 0 Å². The average Bonchev–Trinajstić information content (AvgIpc) is 2.42. The first-order chi connectivity index (χ1) is 7.98. The molecule has 0 atom stereocenters. The van der Waals surface area contributed by atoms with Crippen molar-refractivity contribution >= 4 is 5.90 Å². The van der Waals surface area contributed by atoms with E-state index in [0.29, 0.717) is 5.90 Å². The van der Waals surface area contributed by atoms with Crippen molar-refractivity contribution < 1.29 is 4.74 Å². The van der Waals surface area contributed by atoms with Gasteiger partial charge in [-0.1, -0.05) is 0 Å². The first-order valence-corrected chi connectivity index (χ1v) is 6.43. The quantitative estimate of drug-likeness (QED) is 0.768. The number of nitrogens with zero attached hydrogens (tertiary/aromatic N) is 1. The summed E-state index contributed by atoms with van der Waals surface area (Å²) in [5, 5.41) is 3.45. The molecule has 1 aliphatic rings. The molecule has 0 aromatic carbocycles. The van der Waals surface area contributed by atoms with E-state index in [1.807, 2.05) is 19.9 Å². The van der Waals surface area contributed by atoms with Gasteiger partial charge in [0.25, 0.3) is 0 Å². The molecular weight excluding hydrogens is 224 g/mol. The van der Waals surface area contributed by atoms with Crippen LogP contribution in [0, 0.1) is 0 Å². The molecule has 3 nitrogen and oxygen atoms in total. The molecule has 0 unspecified atom stereocenters. The summed E-state index contributed by atoms with van der Waals surface area (Å²) in [7, 11) is 0. The van der Waals surface area contributed by atoms with Crippen molar-refractivity contribution in [3.05, 3.63) is 23.1 Å². The lowest BCUT2D eigenvalue weighted by Gasteiger charge is -2.23. The molecule has 0 aromatic heterocycles. The summed E-state index contributed by atoms with van der Waals surface area (Å²) in [6.45, 7) is 16.7. The first-order valence-electron chi connectivity index (χ1n) is 6.43. The molecule has 18 heavy (non-hydrogen) atoms. The molecule has 102 valence electrons. The third kappa shape index (κ3) is 4.55. The summed E-state index contributed by atoms with van der Waals surface area (Å²) in [5.74, 6) is 1.58. The van der Waals surface area contributed by atoms with E-state index in [0.717, 1.165) is 17.0 Å². The maximum absolute atomic E-state index is 5.83. The Morgan fingerprint density at radius 2 is 1.67 bits per heavy atom. The average molecular weight is 250 g/mol. The van der Waals surface area contributed by atoms with Gasteiger partial charge in [0.1, 0.15) is 11.5 Å². The van der Waals surface area contributed by atoms with Crippen LogP contribution in [0.25, 0.3) is 0 Å². The van der Waals surface area contributed by atoms with Gasteiger partial charge in [-0.25, -0.2) is 4.99 Å². The minimum Gasteiger partial charge on any atom is -0.437 e. The van der Waals surface area contributed by atoms with Crippen LogP contribution in [0.5, 0.6) is 0 Å². The summed E-state index contributed by atoms with van der Waals surface area (Å²) in [4.78, 5) is 4.64. The lowest BCUT2D eigenvalue weighted by molar-refractivity contribution is 0.418. The first kappa shape index (κ1) is 14.8. The van der Waals surface area contributed by atoms with E-state index in [2.05, 4.69) is 51.9 Å². The SMILES string of the molecule is CC(C)=C1C=C(NC(C)(C)C)C(=NC(C)(C)C)O1. The number of ether oxygens (including phenoxy) is 1. The number of hydrogen-bond donors (Lipinski definition) is 1. The van der Waals surface area contributed by atoms with Crippen molar-refractivity contribution in [1.82, 2.24) is 5.32 Å². The molecule has 0 saturated carbocycles. The summed E-state index contributed by atoms with van der Waals surface area (Å²) >= 11 is 0. The Balaban J connectivity index is 3.10. The zero-order valence-electron chi connectivity index (χ0n) is 12.9. The molecular formula is C15H26N2O. The van der Waals surface area contributed by atoms with Crippen molar-refractivity contribution in [1.29, 1.82) is 0 Å². The topological polar surface area (TPSA) is 33.6 Å². The lowest BCUT2D eigenvalue weighted by Crippen LogP contribution is -2.37. The minimum atomic E-state index is -0.148. The minimum absolute atomic E-state index is 0.00898. The number of rotatable bonds is 1. The standard InChI is InChI=1S/C15H26N2O/c1-10(2)12-9-11(16-14(3,4)5)13(18-12)17-15(6,7)8/h9,16H,1-8H3. The molecule has 1 aliphatic heterocycles. The van der Waals surface area contributed by atoms with Crippen LogP contribution in [-0.4, -0.2) is 17.0 Å². The Labute approximate surface area is 111 Å². The van der Waals surface area contributed by atoms with Gasteiger partial charge in [0, 0.05) is 11.6 Å². The van der Waals surface area contributed by atoms with E-state index in [1.165, 1.54) is 0 Å². The third-order valence-electron chi connectivity index (χ3n) is 2.15. The predicted octanol–water partition coefficient (Wildman–Crippen LogP) is 3.78. The Morgan fingerprint density at radius 3 is 2.06 bits per heavy atom. The van der Waals surface area contributed by atoms with Crippen LogP contribution in [0.3, 0.4) is 0 Å². The van der Waals surface area contributed by atoms with E-state index in [4.69, 9.17) is 4.74 Å². The van der Waals surface area contributed by atoms with Crippen LogP contribution in [0.15, 0.2) is 28.1 Å². The second-order valence-corrected chi connectivity index (χ2v) is 6.99. The van der Waals surface area contributed by atoms with Crippen molar-refractivity contribution in [2.24, 2.45) is 4.99 Å². The summed E-state index contributed by atoms with van der Waals surface area (Å²) in [6, 6.07) is 0. The Hall–Kier alpha value is -1.25. The van der Waals surface area contributed by atoms with Crippen molar-refractivity contribution in [2.75, 3.05) is 0 Å². The Kier molecular flexibility index (Phi) is 3.94. The van der Waals surface area contributed by atoms with Crippen LogP contribution >= 0.6 is 0 Å². The number of allylic oxidation sites excluding steroid dienone is 2. The van der Waals surface area contributed by atoms with Gasteiger partial charge in [-0.05, 0) is 61.0 Å². The number of nitrogens with one attached hydrogen (secondary N) is 1. The molecule has 0 radical (unpaired) electrons. The lowest BCUT2D eigenvalue weighted by atomic mass is 10.1. The highest BCUT2D eigenvalue weighted by Gasteiger charge is 2.25. The fourth-order valence-electron chi connectivity index (χ4n) is 1.51. The normalized spacial score (nSPS) is 18.8. The van der Waals surface area contributed by atoms with Crippen LogP contribution in [0.1, 0.15) is 55.4 Å². The molecule has 0 saturated heterocycles. The highest BCUT2D eigenvalue weighted by atomic mass is 16.5. The van der Waals surface area contributed by atoms with Crippen LogP contribution in [-0.2, 0) is 4.74 Å². The van der Waals surface area contributed by atoms with Gasteiger partial charge < -0.3 is 10.1 Å². The molecule has 0 amide bonds. The molecule has 1 N–H and O–H groups in total. The largest absolute Gasteiger partial charge is 0.437 e. The molecule has 0 spiro atoms. The molecule has 0 aliphatic carbocycles. The van der Waals surface area contributed by atoms with Gasteiger partial charge in [0.15, 0.2) is 0 Å². The van der Waals surface area contributed by atoms with E-state index in [9.17, 15) is 0 Å². The Morgan fingerprint density at radius 1 is 1.11 bits per heavy atom. The van der Waals surface area contributed by atoms with E-state index < -0.39 is 0 Å². The highest BCUT2D eigenvalue weighted by Crippen LogP contribution is 2.23. The van der Waals surface area contributed by atoms with Gasteiger partial charge in [-0.15, -0.1) is 0 Å². The zero-order valence-corrected chi connectivity index (χ0v) is 12.9. The summed E-state index contributed by atoms with van der Waals surface area (Å²) in [6.07, 6.45) is 2.03. The number of aliphatic imine (C=N–C) groups is 1. The monoisotopic (exact) mass is 250 g/mol. The Bertz CT molecular complexity index is 411. The second-order valence-electron chi connectivity index (χ2n) is 6.99. The van der Waals surface area contributed by atoms with E-state index >= 15 is 0 Å². The fourth-order valence-corrected chi connectivity index (χ4v) is 1.51. The van der Waals surface area contributed by atoms with Crippen molar-refractivity contribution in [3.8, 4) is 0 Å². The molecule has 0 aromatic rings. The van der Waals surface area contributed by atoms with Gasteiger partial charge in [0.05, 0.1) is 5.54 Å². The summed E-state index contributed by atoms with van der Waals surface area (Å²) < 4.78 is 5.83. The van der Waals surface area contributed by atoms with E-state index in [-0.39, 0.29) is 11.1 Å². The fraction of sp³-hybridized carbons (Fsp3) is 0.667.